The Balaban J connectivity index is 2.10. The topological polar surface area (TPSA) is 66.8 Å². The van der Waals surface area contributed by atoms with Crippen molar-refractivity contribution in [2.24, 2.45) is 0 Å². The van der Waals surface area contributed by atoms with E-state index in [1.54, 1.807) is 11.1 Å². The van der Waals surface area contributed by atoms with Crippen molar-refractivity contribution in [1.82, 2.24) is 19.9 Å². The zero-order chi connectivity index (χ0) is 13.0. The lowest BCUT2D eigenvalue weighted by molar-refractivity contribution is 0.933. The number of pyridine rings is 1. The fraction of sp³-hybridized carbons (Fsp3) is 0.273. The molecule has 0 aliphatic heterocycles. The van der Waals surface area contributed by atoms with Gasteiger partial charge in [0.15, 0.2) is 0 Å². The summed E-state index contributed by atoms with van der Waals surface area (Å²) in [4.78, 5) is 18.2. The maximum atomic E-state index is 5.83. The van der Waals surface area contributed by atoms with E-state index in [1.165, 1.54) is 0 Å². The molecule has 2 rings (SSSR count). The largest absolute Gasteiger partial charge is 0.348 e. The summed E-state index contributed by atoms with van der Waals surface area (Å²) >= 11 is 5.83. The summed E-state index contributed by atoms with van der Waals surface area (Å²) < 4.78 is 0. The Morgan fingerprint density at radius 1 is 1.22 bits per heavy atom. The summed E-state index contributed by atoms with van der Waals surface area (Å²) in [6.45, 7) is 0.536. The molecule has 0 unspecified atom stereocenters. The fourth-order valence-corrected chi connectivity index (χ4v) is 1.45. The Bertz CT molecular complexity index is 516. The smallest absolute Gasteiger partial charge is 0.230 e. The van der Waals surface area contributed by atoms with Crippen LogP contribution in [0.4, 0.5) is 11.9 Å². The van der Waals surface area contributed by atoms with Crippen LogP contribution in [0.5, 0.6) is 0 Å². The van der Waals surface area contributed by atoms with Gasteiger partial charge in [0.1, 0.15) is 0 Å². The van der Waals surface area contributed by atoms with E-state index in [-0.39, 0.29) is 5.28 Å². The summed E-state index contributed by atoms with van der Waals surface area (Å²) in [6.07, 6.45) is 1.74. The Hall–Kier alpha value is -1.95. The van der Waals surface area contributed by atoms with Crippen molar-refractivity contribution in [3.63, 3.8) is 0 Å². The quantitative estimate of drug-likeness (QED) is 0.905. The van der Waals surface area contributed by atoms with E-state index in [2.05, 4.69) is 25.3 Å². The standard InChI is InChI=1S/C11H13ClN6/c1-18(2)11-16-9(12)15-10(17-11)14-7-8-5-3-4-6-13-8/h3-6H,7H2,1-2H3,(H,14,15,16,17). The molecule has 18 heavy (non-hydrogen) atoms. The number of hydrogen-bond acceptors (Lipinski definition) is 6. The van der Waals surface area contributed by atoms with Gasteiger partial charge in [-0.25, -0.2) is 0 Å². The van der Waals surface area contributed by atoms with Crippen LogP contribution in [-0.2, 0) is 6.54 Å². The molecule has 2 heterocycles. The summed E-state index contributed by atoms with van der Waals surface area (Å²) in [5, 5.41) is 3.23. The average Bonchev–Trinajstić information content (AvgIpc) is 2.37. The molecule has 0 aliphatic carbocycles. The molecule has 0 atom stereocenters. The minimum atomic E-state index is 0.164. The van der Waals surface area contributed by atoms with Crippen LogP contribution < -0.4 is 10.2 Å². The highest BCUT2D eigenvalue weighted by atomic mass is 35.5. The van der Waals surface area contributed by atoms with Gasteiger partial charge in [-0.2, -0.15) is 15.0 Å². The molecule has 0 aliphatic rings. The number of rotatable bonds is 4. The van der Waals surface area contributed by atoms with Crippen molar-refractivity contribution in [2.75, 3.05) is 24.3 Å². The van der Waals surface area contributed by atoms with Gasteiger partial charge in [0, 0.05) is 20.3 Å². The molecule has 0 saturated carbocycles. The molecule has 0 bridgehead atoms. The maximum absolute atomic E-state index is 5.83. The van der Waals surface area contributed by atoms with E-state index >= 15 is 0 Å². The van der Waals surface area contributed by atoms with Gasteiger partial charge in [-0.1, -0.05) is 6.07 Å². The second kappa shape index (κ2) is 5.59. The number of aromatic nitrogens is 4. The van der Waals surface area contributed by atoms with Gasteiger partial charge in [0.05, 0.1) is 12.2 Å². The summed E-state index contributed by atoms with van der Waals surface area (Å²) in [6, 6.07) is 5.71. The van der Waals surface area contributed by atoms with Gasteiger partial charge in [-0.05, 0) is 23.7 Å². The van der Waals surface area contributed by atoms with Crippen molar-refractivity contribution in [2.45, 2.75) is 6.54 Å². The van der Waals surface area contributed by atoms with Crippen LogP contribution in [0.15, 0.2) is 24.4 Å². The molecular weight excluding hydrogens is 252 g/mol. The van der Waals surface area contributed by atoms with E-state index < -0.39 is 0 Å². The van der Waals surface area contributed by atoms with Crippen LogP contribution in [0.3, 0.4) is 0 Å². The first kappa shape index (κ1) is 12.5. The minimum Gasteiger partial charge on any atom is -0.348 e. The maximum Gasteiger partial charge on any atom is 0.230 e. The van der Waals surface area contributed by atoms with Crippen LogP contribution in [0, 0.1) is 0 Å². The zero-order valence-electron chi connectivity index (χ0n) is 10.1. The third-order valence-corrected chi connectivity index (χ3v) is 2.32. The third-order valence-electron chi connectivity index (χ3n) is 2.15. The van der Waals surface area contributed by atoms with E-state index in [4.69, 9.17) is 11.6 Å². The van der Waals surface area contributed by atoms with Crippen molar-refractivity contribution in [3.05, 3.63) is 35.4 Å². The molecule has 0 spiro atoms. The van der Waals surface area contributed by atoms with Gasteiger partial charge in [-0.15, -0.1) is 0 Å². The highest BCUT2D eigenvalue weighted by Gasteiger charge is 2.06. The van der Waals surface area contributed by atoms with Crippen molar-refractivity contribution in [3.8, 4) is 0 Å². The SMILES string of the molecule is CN(C)c1nc(Cl)nc(NCc2ccccn2)n1. The molecule has 0 fully saturated rings. The first-order chi connectivity index (χ1) is 8.65. The highest BCUT2D eigenvalue weighted by Crippen LogP contribution is 2.11. The second-order valence-electron chi connectivity index (χ2n) is 3.80. The first-order valence-electron chi connectivity index (χ1n) is 5.38. The monoisotopic (exact) mass is 264 g/mol. The van der Waals surface area contributed by atoms with Gasteiger partial charge >= 0.3 is 0 Å². The Kier molecular flexibility index (Phi) is 3.88. The summed E-state index contributed by atoms with van der Waals surface area (Å²) in [5.74, 6) is 0.947. The number of halogens is 1. The lowest BCUT2D eigenvalue weighted by atomic mass is 10.3. The molecule has 2 aromatic rings. The normalized spacial score (nSPS) is 10.2. The summed E-state index contributed by atoms with van der Waals surface area (Å²) in [7, 11) is 3.68. The van der Waals surface area contributed by atoms with Crippen LogP contribution in [0.2, 0.25) is 5.28 Å². The molecule has 2 aromatic heterocycles. The van der Waals surface area contributed by atoms with Gasteiger partial charge < -0.3 is 10.2 Å². The van der Waals surface area contributed by atoms with E-state index in [0.717, 1.165) is 5.69 Å². The van der Waals surface area contributed by atoms with E-state index in [9.17, 15) is 0 Å². The molecule has 94 valence electrons. The Labute approximate surface area is 110 Å². The Morgan fingerprint density at radius 2 is 2.06 bits per heavy atom. The Morgan fingerprint density at radius 3 is 2.72 bits per heavy atom. The lowest BCUT2D eigenvalue weighted by Gasteiger charge is -2.11. The fourth-order valence-electron chi connectivity index (χ4n) is 1.29. The van der Waals surface area contributed by atoms with Gasteiger partial charge in [-0.3, -0.25) is 4.98 Å². The molecule has 1 N–H and O–H groups in total. The molecule has 0 saturated heterocycles. The zero-order valence-corrected chi connectivity index (χ0v) is 10.9. The van der Waals surface area contributed by atoms with E-state index in [1.807, 2.05) is 32.3 Å². The van der Waals surface area contributed by atoms with Gasteiger partial charge in [0.2, 0.25) is 17.2 Å². The predicted molar refractivity (Wildman–Crippen MR) is 70.7 cm³/mol. The molecule has 0 radical (unpaired) electrons. The summed E-state index contributed by atoms with van der Waals surface area (Å²) in [5.41, 5.74) is 0.903. The van der Waals surface area contributed by atoms with Crippen LogP contribution in [-0.4, -0.2) is 34.0 Å². The van der Waals surface area contributed by atoms with Crippen molar-refractivity contribution in [1.29, 1.82) is 0 Å². The van der Waals surface area contributed by atoms with Crippen molar-refractivity contribution < 1.29 is 0 Å². The number of hydrogen-bond donors (Lipinski definition) is 1. The molecule has 7 heteroatoms. The average molecular weight is 265 g/mol. The van der Waals surface area contributed by atoms with Gasteiger partial charge in [0.25, 0.3) is 0 Å². The number of nitrogens with one attached hydrogen (secondary N) is 1. The number of nitrogens with zero attached hydrogens (tertiary/aromatic N) is 5. The first-order valence-corrected chi connectivity index (χ1v) is 5.75. The molecule has 0 aromatic carbocycles. The lowest BCUT2D eigenvalue weighted by Crippen LogP contribution is -2.15. The molecular formula is C11H13ClN6. The van der Waals surface area contributed by atoms with Crippen LogP contribution in [0.1, 0.15) is 5.69 Å². The van der Waals surface area contributed by atoms with E-state index in [0.29, 0.717) is 18.4 Å². The van der Waals surface area contributed by atoms with Crippen molar-refractivity contribution >= 4 is 23.5 Å². The third kappa shape index (κ3) is 3.27. The minimum absolute atomic E-state index is 0.164. The van der Waals surface area contributed by atoms with Crippen LogP contribution in [0.25, 0.3) is 0 Å². The van der Waals surface area contributed by atoms with Crippen LogP contribution >= 0.6 is 11.6 Å². The number of anilines is 2. The predicted octanol–water partition coefficient (Wildman–Crippen LogP) is 1.60. The molecule has 6 nitrogen and oxygen atoms in total. The highest BCUT2D eigenvalue weighted by molar-refractivity contribution is 6.28. The molecule has 0 amide bonds. The second-order valence-corrected chi connectivity index (χ2v) is 4.14.